The summed E-state index contributed by atoms with van der Waals surface area (Å²) in [5.41, 5.74) is 0. The Hall–Kier alpha value is -0.530. The number of rotatable bonds is 5. The Kier molecular flexibility index (Phi) is 5.76. The Morgan fingerprint density at radius 1 is 1.15 bits per heavy atom. The van der Waals surface area contributed by atoms with Crippen LogP contribution in [0.4, 0.5) is 0 Å². The Morgan fingerprint density at radius 3 is 2.00 bits per heavy atom. The van der Waals surface area contributed by atoms with Gasteiger partial charge in [0.15, 0.2) is 0 Å². The predicted molar refractivity (Wildman–Crippen MR) is 54.5 cm³/mol. The van der Waals surface area contributed by atoms with Crippen LogP contribution in [-0.4, -0.2) is 12.1 Å². The summed E-state index contributed by atoms with van der Waals surface area (Å²) in [6.45, 7) is 10.1. The topological polar surface area (TPSA) is 26.3 Å². The second kappa shape index (κ2) is 6.01. The largest absolute Gasteiger partial charge is 0.462 e. The molecule has 0 aliphatic rings. The monoisotopic (exact) mass is 186 g/mol. The molecule has 0 saturated carbocycles. The van der Waals surface area contributed by atoms with Crippen molar-refractivity contribution >= 4 is 5.97 Å². The standard InChI is InChI=1S/C11H22O2/c1-6-9(5)11(12)13-10(7-2)8(3)4/h8-10H,6-7H2,1-5H3. The Labute approximate surface area is 81.7 Å². The van der Waals surface area contributed by atoms with E-state index in [1.54, 1.807) is 0 Å². The lowest BCUT2D eigenvalue weighted by atomic mass is 10.0. The van der Waals surface area contributed by atoms with Crippen LogP contribution in [0.3, 0.4) is 0 Å². The maximum Gasteiger partial charge on any atom is 0.308 e. The summed E-state index contributed by atoms with van der Waals surface area (Å²) in [5, 5.41) is 0. The van der Waals surface area contributed by atoms with E-state index < -0.39 is 0 Å². The van der Waals surface area contributed by atoms with E-state index in [4.69, 9.17) is 4.74 Å². The molecule has 0 radical (unpaired) electrons. The summed E-state index contributed by atoms with van der Waals surface area (Å²) in [5.74, 6) is 0.397. The molecule has 0 fully saturated rings. The SMILES string of the molecule is CCC(C)C(=O)OC(CC)C(C)C. The van der Waals surface area contributed by atoms with Crippen molar-refractivity contribution in [1.29, 1.82) is 0 Å². The summed E-state index contributed by atoms with van der Waals surface area (Å²) >= 11 is 0. The van der Waals surface area contributed by atoms with Crippen molar-refractivity contribution in [3.63, 3.8) is 0 Å². The second-order valence-corrected chi connectivity index (χ2v) is 3.94. The number of carbonyl (C=O) groups is 1. The summed E-state index contributed by atoms with van der Waals surface area (Å²) in [7, 11) is 0. The first-order chi connectivity index (χ1) is 6.02. The van der Waals surface area contributed by atoms with E-state index in [1.807, 2.05) is 13.8 Å². The number of hydrogen-bond acceptors (Lipinski definition) is 2. The molecule has 2 heteroatoms. The van der Waals surface area contributed by atoms with E-state index in [1.165, 1.54) is 0 Å². The molecule has 13 heavy (non-hydrogen) atoms. The molecule has 0 N–H and O–H groups in total. The van der Waals surface area contributed by atoms with Gasteiger partial charge in [-0.25, -0.2) is 0 Å². The lowest BCUT2D eigenvalue weighted by Crippen LogP contribution is -2.26. The van der Waals surface area contributed by atoms with Gasteiger partial charge in [0.25, 0.3) is 0 Å². The van der Waals surface area contributed by atoms with Crippen LogP contribution >= 0.6 is 0 Å². The Balaban J connectivity index is 4.01. The van der Waals surface area contributed by atoms with Gasteiger partial charge in [-0.1, -0.05) is 34.6 Å². The quantitative estimate of drug-likeness (QED) is 0.617. The molecule has 0 spiro atoms. The van der Waals surface area contributed by atoms with E-state index in [0.29, 0.717) is 5.92 Å². The minimum absolute atomic E-state index is 0.0350. The summed E-state index contributed by atoms with van der Waals surface area (Å²) in [4.78, 5) is 11.4. The highest BCUT2D eigenvalue weighted by molar-refractivity contribution is 5.72. The summed E-state index contributed by atoms with van der Waals surface area (Å²) < 4.78 is 5.37. The molecule has 0 heterocycles. The van der Waals surface area contributed by atoms with Gasteiger partial charge in [0, 0.05) is 0 Å². The van der Waals surface area contributed by atoms with Crippen molar-refractivity contribution in [2.24, 2.45) is 11.8 Å². The highest BCUT2D eigenvalue weighted by atomic mass is 16.5. The van der Waals surface area contributed by atoms with Crippen LogP contribution in [0.2, 0.25) is 0 Å². The third kappa shape index (κ3) is 4.30. The first kappa shape index (κ1) is 12.5. The van der Waals surface area contributed by atoms with Gasteiger partial charge < -0.3 is 4.74 Å². The minimum atomic E-state index is -0.0527. The average molecular weight is 186 g/mol. The van der Waals surface area contributed by atoms with Gasteiger partial charge in [-0.05, 0) is 18.8 Å². The van der Waals surface area contributed by atoms with Crippen molar-refractivity contribution < 1.29 is 9.53 Å². The van der Waals surface area contributed by atoms with Gasteiger partial charge in [-0.15, -0.1) is 0 Å². The maximum atomic E-state index is 11.4. The molecule has 2 unspecified atom stereocenters. The zero-order valence-corrected chi connectivity index (χ0v) is 9.46. The molecular weight excluding hydrogens is 164 g/mol. The third-order valence-corrected chi connectivity index (χ3v) is 2.43. The number of esters is 1. The van der Waals surface area contributed by atoms with Crippen LogP contribution in [-0.2, 0) is 9.53 Å². The zero-order valence-electron chi connectivity index (χ0n) is 9.46. The molecule has 0 saturated heterocycles. The molecule has 0 aromatic rings. The number of ether oxygens (including phenoxy) is 1. The Bertz CT molecular complexity index is 152. The van der Waals surface area contributed by atoms with Gasteiger partial charge in [-0.3, -0.25) is 4.79 Å². The summed E-state index contributed by atoms with van der Waals surface area (Å²) in [6.07, 6.45) is 1.84. The number of hydrogen-bond donors (Lipinski definition) is 0. The van der Waals surface area contributed by atoms with E-state index in [-0.39, 0.29) is 18.0 Å². The average Bonchev–Trinajstić information content (AvgIpc) is 2.11. The van der Waals surface area contributed by atoms with Gasteiger partial charge in [0.05, 0.1) is 5.92 Å². The Morgan fingerprint density at radius 2 is 1.69 bits per heavy atom. The molecule has 0 aromatic carbocycles. The zero-order chi connectivity index (χ0) is 10.4. The van der Waals surface area contributed by atoms with Crippen LogP contribution in [0.15, 0.2) is 0 Å². The fraction of sp³-hybridized carbons (Fsp3) is 0.909. The molecule has 78 valence electrons. The van der Waals surface area contributed by atoms with E-state index in [2.05, 4.69) is 20.8 Å². The van der Waals surface area contributed by atoms with Crippen molar-refractivity contribution in [2.45, 2.75) is 53.6 Å². The van der Waals surface area contributed by atoms with E-state index >= 15 is 0 Å². The highest BCUT2D eigenvalue weighted by Crippen LogP contribution is 2.14. The second-order valence-electron chi connectivity index (χ2n) is 3.94. The van der Waals surface area contributed by atoms with E-state index in [0.717, 1.165) is 12.8 Å². The predicted octanol–water partition coefficient (Wildman–Crippen LogP) is 3.01. The van der Waals surface area contributed by atoms with E-state index in [9.17, 15) is 4.79 Å². The first-order valence-corrected chi connectivity index (χ1v) is 5.23. The summed E-state index contributed by atoms with van der Waals surface area (Å²) in [6, 6.07) is 0. The normalized spacial score (nSPS) is 15.5. The minimum Gasteiger partial charge on any atom is -0.462 e. The lowest BCUT2D eigenvalue weighted by Gasteiger charge is -2.21. The molecule has 0 aliphatic carbocycles. The van der Waals surface area contributed by atoms with Crippen LogP contribution < -0.4 is 0 Å². The smallest absolute Gasteiger partial charge is 0.308 e. The van der Waals surface area contributed by atoms with Crippen LogP contribution in [0, 0.1) is 11.8 Å². The van der Waals surface area contributed by atoms with Crippen LogP contribution in [0.25, 0.3) is 0 Å². The van der Waals surface area contributed by atoms with Crippen molar-refractivity contribution in [3.05, 3.63) is 0 Å². The molecule has 2 atom stereocenters. The molecular formula is C11H22O2. The van der Waals surface area contributed by atoms with Crippen molar-refractivity contribution in [3.8, 4) is 0 Å². The van der Waals surface area contributed by atoms with Gasteiger partial charge >= 0.3 is 5.97 Å². The number of carbonyl (C=O) groups excluding carboxylic acids is 1. The lowest BCUT2D eigenvalue weighted by molar-refractivity contribution is -0.156. The van der Waals surface area contributed by atoms with Crippen LogP contribution in [0.5, 0.6) is 0 Å². The van der Waals surface area contributed by atoms with Crippen LogP contribution in [0.1, 0.15) is 47.5 Å². The molecule has 0 amide bonds. The van der Waals surface area contributed by atoms with Crippen molar-refractivity contribution in [2.75, 3.05) is 0 Å². The molecule has 0 aromatic heterocycles. The van der Waals surface area contributed by atoms with Gasteiger partial charge in [0.2, 0.25) is 0 Å². The van der Waals surface area contributed by atoms with Gasteiger partial charge in [0.1, 0.15) is 6.10 Å². The molecule has 0 rings (SSSR count). The molecule has 0 aliphatic heterocycles. The highest BCUT2D eigenvalue weighted by Gasteiger charge is 2.19. The first-order valence-electron chi connectivity index (χ1n) is 5.23. The third-order valence-electron chi connectivity index (χ3n) is 2.43. The molecule has 2 nitrogen and oxygen atoms in total. The van der Waals surface area contributed by atoms with Gasteiger partial charge in [-0.2, -0.15) is 0 Å². The fourth-order valence-corrected chi connectivity index (χ4v) is 1.12. The maximum absolute atomic E-state index is 11.4. The van der Waals surface area contributed by atoms with Crippen molar-refractivity contribution in [1.82, 2.24) is 0 Å². The molecule has 0 bridgehead atoms. The fourth-order valence-electron chi connectivity index (χ4n) is 1.12.